The molecule has 1 aromatic carbocycles. The smallest absolute Gasteiger partial charge is 0.268 e. The van der Waals surface area contributed by atoms with Crippen LogP contribution in [0.5, 0.6) is 5.75 Å². The molecule has 1 aromatic heterocycles. The van der Waals surface area contributed by atoms with Gasteiger partial charge in [-0.25, -0.2) is 18.1 Å². The zero-order chi connectivity index (χ0) is 28.1. The Balaban J connectivity index is 2.00. The standard InChI is InChI=1S/C28H39N5O4S/c1-6-12-37-24-11-10-21(14-20(24)3)22-15-23(26(31-17-22)33-18-19(2)16-28(33,4)5)27(34)32-38(35,36)13-8-7-9-25(29)30/h7-11,14-15,17,19H,6,12-13,16,18,29-30H2,1-5H3,(H,32,34)/b8-7-. The van der Waals surface area contributed by atoms with E-state index in [1.807, 2.05) is 25.1 Å². The van der Waals surface area contributed by atoms with Crippen LogP contribution in [0.3, 0.4) is 0 Å². The molecule has 38 heavy (non-hydrogen) atoms. The molecule has 3 rings (SSSR count). The fraction of sp³-hybridized carbons (Fsp3) is 0.429. The zero-order valence-corrected chi connectivity index (χ0v) is 23.6. The largest absolute Gasteiger partial charge is 0.493 e. The van der Waals surface area contributed by atoms with Crippen LogP contribution in [0.1, 0.15) is 56.5 Å². The Morgan fingerprint density at radius 3 is 2.61 bits per heavy atom. The number of sulfonamides is 1. The van der Waals surface area contributed by atoms with Crippen molar-refractivity contribution in [3.05, 3.63) is 65.6 Å². The normalized spacial score (nSPS) is 17.0. The van der Waals surface area contributed by atoms with Crippen LogP contribution in [-0.2, 0) is 10.0 Å². The molecule has 1 atom stereocenters. The van der Waals surface area contributed by atoms with Crippen molar-refractivity contribution < 1.29 is 17.9 Å². The predicted octanol–water partition coefficient (Wildman–Crippen LogP) is 3.85. The van der Waals surface area contributed by atoms with E-state index in [0.29, 0.717) is 30.5 Å². The minimum atomic E-state index is -3.97. The minimum Gasteiger partial charge on any atom is -0.493 e. The van der Waals surface area contributed by atoms with E-state index in [4.69, 9.17) is 21.2 Å². The zero-order valence-electron chi connectivity index (χ0n) is 22.8. The third-order valence-corrected chi connectivity index (χ3v) is 7.53. The number of hydrogen-bond acceptors (Lipinski definition) is 8. The highest BCUT2D eigenvalue weighted by atomic mass is 32.2. The van der Waals surface area contributed by atoms with Crippen LogP contribution in [0.4, 0.5) is 5.82 Å². The van der Waals surface area contributed by atoms with Crippen molar-refractivity contribution >= 4 is 21.7 Å². The number of anilines is 1. The van der Waals surface area contributed by atoms with Gasteiger partial charge in [0.15, 0.2) is 0 Å². The predicted molar refractivity (Wildman–Crippen MR) is 152 cm³/mol. The van der Waals surface area contributed by atoms with E-state index < -0.39 is 21.7 Å². The molecule has 2 heterocycles. The number of amides is 1. The van der Waals surface area contributed by atoms with Crippen molar-refractivity contribution in [3.8, 4) is 16.9 Å². The number of pyridine rings is 1. The number of nitrogens with two attached hydrogens (primary N) is 2. The highest BCUT2D eigenvalue weighted by Crippen LogP contribution is 2.38. The first kappa shape index (κ1) is 29.0. The number of nitrogens with zero attached hydrogens (tertiary/aromatic N) is 2. The minimum absolute atomic E-state index is 0.0536. The fourth-order valence-electron chi connectivity index (χ4n) is 4.76. The first-order valence-corrected chi connectivity index (χ1v) is 14.4. The second-order valence-corrected chi connectivity index (χ2v) is 12.2. The van der Waals surface area contributed by atoms with Gasteiger partial charge in [-0.05, 0) is 74.9 Å². The number of ether oxygens (including phenoxy) is 1. The molecule has 1 saturated heterocycles. The Morgan fingerprint density at radius 1 is 1.26 bits per heavy atom. The maximum absolute atomic E-state index is 13.4. The average molecular weight is 542 g/mol. The lowest BCUT2D eigenvalue weighted by Gasteiger charge is -2.33. The van der Waals surface area contributed by atoms with Gasteiger partial charge in [-0.15, -0.1) is 0 Å². The SMILES string of the molecule is CCCOc1ccc(-c2cnc(N3CC(C)CC3(C)C)c(C(=O)NS(=O)(=O)C/C=C\C=C(N)N)c2)cc1C. The lowest BCUT2D eigenvalue weighted by molar-refractivity contribution is 0.0981. The first-order chi connectivity index (χ1) is 17.8. The van der Waals surface area contributed by atoms with Crippen LogP contribution in [0.2, 0.25) is 0 Å². The molecule has 1 fully saturated rings. The van der Waals surface area contributed by atoms with Crippen molar-refractivity contribution in [3.63, 3.8) is 0 Å². The molecule has 2 aromatic rings. The van der Waals surface area contributed by atoms with Crippen molar-refractivity contribution in [1.82, 2.24) is 9.71 Å². The Bertz CT molecular complexity index is 1330. The molecule has 10 heteroatoms. The molecule has 0 radical (unpaired) electrons. The van der Waals surface area contributed by atoms with Gasteiger partial charge >= 0.3 is 0 Å². The van der Waals surface area contributed by atoms with Gasteiger partial charge in [0.05, 0.1) is 23.7 Å². The van der Waals surface area contributed by atoms with Gasteiger partial charge in [0, 0.05) is 23.8 Å². The fourth-order valence-corrected chi connectivity index (χ4v) is 5.60. The highest BCUT2D eigenvalue weighted by molar-refractivity contribution is 7.90. The summed E-state index contributed by atoms with van der Waals surface area (Å²) in [5, 5.41) is 0. The Hall–Kier alpha value is -3.53. The maximum Gasteiger partial charge on any atom is 0.268 e. The number of allylic oxidation sites excluding steroid dienone is 2. The summed E-state index contributed by atoms with van der Waals surface area (Å²) in [6, 6.07) is 7.50. The number of aromatic nitrogens is 1. The summed E-state index contributed by atoms with van der Waals surface area (Å²) in [7, 11) is -3.97. The number of rotatable bonds is 10. The van der Waals surface area contributed by atoms with Crippen LogP contribution in [0.15, 0.2) is 54.5 Å². The number of aryl methyl sites for hydroxylation is 1. The number of carbonyl (C=O) groups excluding carboxylic acids is 1. The van der Waals surface area contributed by atoms with E-state index in [9.17, 15) is 13.2 Å². The molecule has 1 aliphatic rings. The van der Waals surface area contributed by atoms with Crippen LogP contribution < -0.4 is 25.8 Å². The van der Waals surface area contributed by atoms with Gasteiger partial charge in [-0.1, -0.05) is 32.1 Å². The van der Waals surface area contributed by atoms with Gasteiger partial charge in [0.25, 0.3) is 5.91 Å². The summed E-state index contributed by atoms with van der Waals surface area (Å²) in [6.07, 6.45) is 7.73. The molecule has 0 aliphatic carbocycles. The van der Waals surface area contributed by atoms with E-state index in [-0.39, 0.29) is 16.9 Å². The molecule has 5 N–H and O–H groups in total. The van der Waals surface area contributed by atoms with Crippen molar-refractivity contribution in [2.24, 2.45) is 17.4 Å². The second-order valence-electron chi connectivity index (χ2n) is 10.5. The molecule has 1 unspecified atom stereocenters. The lowest BCUT2D eigenvalue weighted by Crippen LogP contribution is -2.41. The number of hydrogen-bond donors (Lipinski definition) is 3. The lowest BCUT2D eigenvalue weighted by atomic mass is 9.97. The number of nitrogens with one attached hydrogen (secondary N) is 1. The number of benzene rings is 1. The van der Waals surface area contributed by atoms with Crippen LogP contribution >= 0.6 is 0 Å². The first-order valence-electron chi connectivity index (χ1n) is 12.8. The average Bonchev–Trinajstić information content (AvgIpc) is 3.11. The summed E-state index contributed by atoms with van der Waals surface area (Å²) < 4.78 is 33.3. The summed E-state index contributed by atoms with van der Waals surface area (Å²) in [6.45, 7) is 11.7. The van der Waals surface area contributed by atoms with Crippen molar-refractivity contribution in [2.45, 2.75) is 53.0 Å². The third kappa shape index (κ3) is 7.28. The van der Waals surface area contributed by atoms with E-state index in [0.717, 1.165) is 29.7 Å². The van der Waals surface area contributed by atoms with Gasteiger partial charge in [-0.3, -0.25) is 4.79 Å². The van der Waals surface area contributed by atoms with E-state index in [2.05, 4.69) is 37.3 Å². The molecular formula is C28H39N5O4S. The topological polar surface area (TPSA) is 141 Å². The maximum atomic E-state index is 13.4. The Morgan fingerprint density at radius 2 is 2.00 bits per heavy atom. The Labute approximate surface area is 226 Å². The molecule has 0 spiro atoms. The summed E-state index contributed by atoms with van der Waals surface area (Å²) in [5.74, 6) is 0.582. The van der Waals surface area contributed by atoms with Crippen LogP contribution in [0, 0.1) is 12.8 Å². The third-order valence-electron chi connectivity index (χ3n) is 6.40. The molecule has 1 aliphatic heterocycles. The van der Waals surface area contributed by atoms with Crippen molar-refractivity contribution in [1.29, 1.82) is 0 Å². The van der Waals surface area contributed by atoms with Gasteiger partial charge in [0.2, 0.25) is 10.0 Å². The van der Waals surface area contributed by atoms with Gasteiger partial charge < -0.3 is 21.1 Å². The van der Waals surface area contributed by atoms with E-state index >= 15 is 0 Å². The molecule has 1 amide bonds. The van der Waals surface area contributed by atoms with E-state index in [1.165, 1.54) is 18.2 Å². The van der Waals surface area contributed by atoms with Gasteiger partial charge in [-0.2, -0.15) is 0 Å². The molecule has 0 bridgehead atoms. The summed E-state index contributed by atoms with van der Waals surface area (Å²) >= 11 is 0. The quantitative estimate of drug-likeness (QED) is 0.385. The second kappa shape index (κ2) is 11.9. The van der Waals surface area contributed by atoms with Crippen LogP contribution in [-0.4, -0.2) is 43.8 Å². The van der Waals surface area contributed by atoms with Gasteiger partial charge in [0.1, 0.15) is 11.6 Å². The number of carbonyl (C=O) groups is 1. The molecule has 0 saturated carbocycles. The van der Waals surface area contributed by atoms with Crippen LogP contribution in [0.25, 0.3) is 11.1 Å². The summed E-state index contributed by atoms with van der Waals surface area (Å²) in [5.41, 5.74) is 13.2. The summed E-state index contributed by atoms with van der Waals surface area (Å²) in [4.78, 5) is 20.2. The molecule has 206 valence electrons. The highest BCUT2D eigenvalue weighted by Gasteiger charge is 2.39. The molecular weight excluding hydrogens is 502 g/mol. The van der Waals surface area contributed by atoms with E-state index in [1.54, 1.807) is 12.3 Å². The molecule has 9 nitrogen and oxygen atoms in total. The van der Waals surface area contributed by atoms with Crippen molar-refractivity contribution in [2.75, 3.05) is 23.8 Å². The monoisotopic (exact) mass is 541 g/mol. The Kier molecular flexibility index (Phi) is 9.09.